The average Bonchev–Trinajstić information content (AvgIpc) is 2.96. The quantitative estimate of drug-likeness (QED) is 0.810. The number of nitrogens with one attached hydrogen (secondary N) is 1. The van der Waals surface area contributed by atoms with Crippen molar-refractivity contribution >= 4 is 17.5 Å². The Morgan fingerprint density at radius 1 is 1.10 bits per heavy atom. The molecule has 0 spiro atoms. The molecule has 152 valence electrons. The standard InChI is InChI=1S/C23H26ClN3O2/c24-19-10-16(6-7-20(19)28)11-21(29)25-22-17-12-26-8-9-27(13-17)15-23(22,14-26)18-4-2-1-3-5-18/h1-7,10,17,22,28H,8-9,11-15H2,(H,25,29). The van der Waals surface area contributed by atoms with Crippen molar-refractivity contribution in [1.82, 2.24) is 15.1 Å². The number of phenols is 1. The summed E-state index contributed by atoms with van der Waals surface area (Å²) in [6.07, 6.45) is 0.265. The summed E-state index contributed by atoms with van der Waals surface area (Å²) in [6.45, 7) is 6.28. The lowest BCUT2D eigenvalue weighted by atomic mass is 9.64. The number of phenolic OH excluding ortho intramolecular Hbond substituents is 1. The Labute approximate surface area is 176 Å². The Morgan fingerprint density at radius 3 is 2.45 bits per heavy atom. The first-order chi connectivity index (χ1) is 14.0. The second-order valence-corrected chi connectivity index (χ2v) is 9.17. The molecule has 0 saturated carbocycles. The number of halogens is 1. The van der Waals surface area contributed by atoms with Gasteiger partial charge in [0.05, 0.1) is 11.4 Å². The average molecular weight is 412 g/mol. The number of carbonyl (C=O) groups excluding carboxylic acids is 1. The summed E-state index contributed by atoms with van der Waals surface area (Å²) in [4.78, 5) is 18.2. The summed E-state index contributed by atoms with van der Waals surface area (Å²) >= 11 is 6.02. The van der Waals surface area contributed by atoms with Crippen molar-refractivity contribution in [2.45, 2.75) is 17.9 Å². The smallest absolute Gasteiger partial charge is 0.224 e. The Bertz CT molecular complexity index is 904. The monoisotopic (exact) mass is 411 g/mol. The van der Waals surface area contributed by atoms with Gasteiger partial charge in [0, 0.05) is 56.6 Å². The van der Waals surface area contributed by atoms with E-state index in [-0.39, 0.29) is 34.6 Å². The van der Waals surface area contributed by atoms with Gasteiger partial charge in [-0.2, -0.15) is 0 Å². The third-order valence-corrected chi connectivity index (χ3v) is 7.14. The van der Waals surface area contributed by atoms with Gasteiger partial charge in [0.1, 0.15) is 5.75 Å². The molecule has 4 aliphatic heterocycles. The fourth-order valence-electron chi connectivity index (χ4n) is 5.64. The summed E-state index contributed by atoms with van der Waals surface area (Å²) in [6, 6.07) is 15.8. The van der Waals surface area contributed by atoms with Gasteiger partial charge in [-0.25, -0.2) is 0 Å². The number of fused-ring (bicyclic) bond motifs is 1. The van der Waals surface area contributed by atoms with Gasteiger partial charge in [0.15, 0.2) is 0 Å². The van der Waals surface area contributed by atoms with Crippen LogP contribution in [0.1, 0.15) is 11.1 Å². The molecule has 6 heteroatoms. The van der Waals surface area contributed by atoms with E-state index in [0.717, 1.165) is 44.8 Å². The third-order valence-electron chi connectivity index (χ3n) is 6.84. The zero-order valence-electron chi connectivity index (χ0n) is 16.4. The third kappa shape index (κ3) is 3.41. The summed E-state index contributed by atoms with van der Waals surface area (Å²) < 4.78 is 0. The molecule has 29 heavy (non-hydrogen) atoms. The number of benzene rings is 2. The largest absolute Gasteiger partial charge is 0.506 e. The number of rotatable bonds is 4. The van der Waals surface area contributed by atoms with Crippen LogP contribution in [-0.2, 0) is 16.6 Å². The SMILES string of the molecule is O=C(Cc1ccc(O)c(Cl)c1)NC1C2CN3CCN(C2)CC1(c1ccccc1)C3. The zero-order valence-corrected chi connectivity index (χ0v) is 17.1. The first kappa shape index (κ1) is 18.9. The molecule has 3 atom stereocenters. The van der Waals surface area contributed by atoms with E-state index < -0.39 is 0 Å². The van der Waals surface area contributed by atoms with Crippen LogP contribution in [0.3, 0.4) is 0 Å². The van der Waals surface area contributed by atoms with E-state index in [0.29, 0.717) is 5.92 Å². The molecular formula is C23H26ClN3O2. The van der Waals surface area contributed by atoms with E-state index in [9.17, 15) is 9.90 Å². The highest BCUT2D eigenvalue weighted by molar-refractivity contribution is 6.32. The van der Waals surface area contributed by atoms with Crippen molar-refractivity contribution in [2.24, 2.45) is 5.92 Å². The molecule has 4 bridgehead atoms. The predicted molar refractivity (Wildman–Crippen MR) is 113 cm³/mol. The molecule has 2 aromatic rings. The zero-order chi connectivity index (χ0) is 20.0. The number of nitrogens with zero attached hydrogens (tertiary/aromatic N) is 2. The van der Waals surface area contributed by atoms with Crippen LogP contribution in [0.15, 0.2) is 48.5 Å². The van der Waals surface area contributed by atoms with Crippen LogP contribution in [0.4, 0.5) is 0 Å². The minimum absolute atomic E-state index is 0.0169. The number of hydrogen-bond donors (Lipinski definition) is 2. The van der Waals surface area contributed by atoms with E-state index in [1.54, 1.807) is 18.2 Å². The van der Waals surface area contributed by atoms with E-state index in [4.69, 9.17) is 11.6 Å². The van der Waals surface area contributed by atoms with Gasteiger partial charge in [-0.1, -0.05) is 48.0 Å². The molecule has 4 aliphatic rings. The predicted octanol–water partition coefficient (Wildman–Crippen LogP) is 2.27. The van der Waals surface area contributed by atoms with Crippen molar-refractivity contribution < 1.29 is 9.90 Å². The van der Waals surface area contributed by atoms with Gasteiger partial charge in [0.25, 0.3) is 0 Å². The first-order valence-electron chi connectivity index (χ1n) is 10.3. The van der Waals surface area contributed by atoms with E-state index in [1.165, 1.54) is 5.56 Å². The Morgan fingerprint density at radius 2 is 1.79 bits per heavy atom. The molecule has 4 heterocycles. The summed E-state index contributed by atoms with van der Waals surface area (Å²) in [5, 5.41) is 13.3. The van der Waals surface area contributed by atoms with E-state index in [1.807, 2.05) is 0 Å². The number of aromatic hydroxyl groups is 1. The molecule has 2 N–H and O–H groups in total. The van der Waals surface area contributed by atoms with E-state index in [2.05, 4.69) is 45.4 Å². The van der Waals surface area contributed by atoms with Gasteiger partial charge in [-0.3, -0.25) is 4.79 Å². The van der Waals surface area contributed by atoms with Gasteiger partial charge < -0.3 is 20.2 Å². The van der Waals surface area contributed by atoms with Crippen LogP contribution in [-0.4, -0.2) is 66.1 Å². The molecule has 2 aromatic carbocycles. The molecule has 6 rings (SSSR count). The summed E-state index contributed by atoms with van der Waals surface area (Å²) in [5.74, 6) is 0.481. The van der Waals surface area contributed by atoms with Crippen LogP contribution in [0, 0.1) is 5.92 Å². The fraction of sp³-hybridized carbons (Fsp3) is 0.435. The molecule has 4 fully saturated rings. The molecule has 0 radical (unpaired) electrons. The Balaban J connectivity index is 1.43. The lowest BCUT2D eigenvalue weighted by molar-refractivity contribution is -0.123. The molecule has 0 aliphatic carbocycles. The number of amides is 1. The Kier molecular flexibility index (Phi) is 4.77. The lowest BCUT2D eigenvalue weighted by Crippen LogP contribution is -2.70. The van der Waals surface area contributed by atoms with Gasteiger partial charge >= 0.3 is 0 Å². The van der Waals surface area contributed by atoms with Gasteiger partial charge in [-0.05, 0) is 23.3 Å². The van der Waals surface area contributed by atoms with Crippen molar-refractivity contribution in [3.8, 4) is 5.75 Å². The normalized spacial score (nSPS) is 32.7. The van der Waals surface area contributed by atoms with Crippen LogP contribution in [0.25, 0.3) is 0 Å². The second-order valence-electron chi connectivity index (χ2n) is 8.76. The van der Waals surface area contributed by atoms with Crippen molar-refractivity contribution in [3.05, 3.63) is 64.7 Å². The van der Waals surface area contributed by atoms with Crippen LogP contribution in [0.5, 0.6) is 5.75 Å². The number of piperidine rings is 2. The second kappa shape index (κ2) is 7.31. The van der Waals surface area contributed by atoms with Crippen LogP contribution >= 0.6 is 11.6 Å². The molecular weight excluding hydrogens is 386 g/mol. The molecule has 1 amide bonds. The number of hydrogen-bond acceptors (Lipinski definition) is 4. The van der Waals surface area contributed by atoms with E-state index >= 15 is 0 Å². The molecule has 4 saturated heterocycles. The van der Waals surface area contributed by atoms with Crippen LogP contribution < -0.4 is 5.32 Å². The topological polar surface area (TPSA) is 55.8 Å². The van der Waals surface area contributed by atoms with Gasteiger partial charge in [-0.15, -0.1) is 0 Å². The maximum absolute atomic E-state index is 13.0. The maximum Gasteiger partial charge on any atom is 0.224 e. The molecule has 5 nitrogen and oxygen atoms in total. The lowest BCUT2D eigenvalue weighted by Gasteiger charge is -2.55. The van der Waals surface area contributed by atoms with Crippen LogP contribution in [0.2, 0.25) is 5.02 Å². The number of carbonyl (C=O) groups is 1. The minimum atomic E-state index is -0.0822. The van der Waals surface area contributed by atoms with Crippen molar-refractivity contribution in [3.63, 3.8) is 0 Å². The molecule has 3 unspecified atom stereocenters. The minimum Gasteiger partial charge on any atom is -0.506 e. The van der Waals surface area contributed by atoms with Crippen molar-refractivity contribution in [1.29, 1.82) is 0 Å². The van der Waals surface area contributed by atoms with Gasteiger partial charge in [0.2, 0.25) is 5.91 Å². The molecule has 0 aromatic heterocycles. The fourth-order valence-corrected chi connectivity index (χ4v) is 5.84. The highest BCUT2D eigenvalue weighted by Crippen LogP contribution is 2.43. The highest BCUT2D eigenvalue weighted by Gasteiger charge is 2.55. The summed E-state index contributed by atoms with van der Waals surface area (Å²) in [5.41, 5.74) is 2.05. The Hall–Kier alpha value is -2.08. The summed E-state index contributed by atoms with van der Waals surface area (Å²) in [7, 11) is 0. The van der Waals surface area contributed by atoms with Crippen molar-refractivity contribution in [2.75, 3.05) is 39.3 Å². The maximum atomic E-state index is 13.0. The highest BCUT2D eigenvalue weighted by atomic mass is 35.5. The first-order valence-corrected chi connectivity index (χ1v) is 10.7.